The van der Waals surface area contributed by atoms with E-state index in [9.17, 15) is 4.79 Å². The first kappa shape index (κ1) is 12.7. The molecule has 2 rings (SSSR count). The van der Waals surface area contributed by atoms with Crippen LogP contribution in [0.4, 0.5) is 0 Å². The van der Waals surface area contributed by atoms with E-state index in [0.717, 1.165) is 26.2 Å². The van der Waals surface area contributed by atoms with Crippen molar-refractivity contribution in [2.45, 2.75) is 0 Å². The monoisotopic (exact) mass is 273 g/mol. The zero-order chi connectivity index (χ0) is 12.4. The maximum absolute atomic E-state index is 12.3. The molecule has 17 heavy (non-hydrogen) atoms. The molecule has 0 atom stereocenters. The van der Waals surface area contributed by atoms with Gasteiger partial charge in [0.1, 0.15) is 0 Å². The summed E-state index contributed by atoms with van der Waals surface area (Å²) in [5, 5.41) is 0.850. The van der Waals surface area contributed by atoms with Crippen molar-refractivity contribution in [1.82, 2.24) is 4.90 Å². The van der Waals surface area contributed by atoms with Crippen LogP contribution in [0.25, 0.3) is 0 Å². The lowest BCUT2D eigenvalue weighted by molar-refractivity contribution is -0.883. The maximum Gasteiger partial charge on any atom is 0.257 e. The van der Waals surface area contributed by atoms with Crippen molar-refractivity contribution in [2.75, 3.05) is 33.2 Å². The van der Waals surface area contributed by atoms with Crippen molar-refractivity contribution in [3.8, 4) is 0 Å². The molecule has 92 valence electrons. The molecule has 0 aromatic heterocycles. The highest BCUT2D eigenvalue weighted by molar-refractivity contribution is 6.39. The molecule has 1 N–H and O–H groups in total. The molecule has 1 aliphatic rings. The second-order valence-corrected chi connectivity index (χ2v) is 5.16. The number of nitrogens with zero attached hydrogens (tertiary/aromatic N) is 1. The summed E-state index contributed by atoms with van der Waals surface area (Å²) in [6, 6.07) is 5.14. The van der Waals surface area contributed by atoms with Gasteiger partial charge in [-0.05, 0) is 12.1 Å². The Morgan fingerprint density at radius 3 is 2.29 bits per heavy atom. The van der Waals surface area contributed by atoms with Crippen molar-refractivity contribution in [3.05, 3.63) is 33.8 Å². The Bertz CT molecular complexity index is 408. The fourth-order valence-electron chi connectivity index (χ4n) is 1.95. The minimum absolute atomic E-state index is 0.0619. The molecule has 0 spiro atoms. The van der Waals surface area contributed by atoms with Gasteiger partial charge in [0.2, 0.25) is 0 Å². The molecule has 3 nitrogen and oxygen atoms in total. The van der Waals surface area contributed by atoms with Gasteiger partial charge in [-0.2, -0.15) is 0 Å². The summed E-state index contributed by atoms with van der Waals surface area (Å²) in [6.07, 6.45) is 0. The van der Waals surface area contributed by atoms with Crippen molar-refractivity contribution in [1.29, 1.82) is 0 Å². The van der Waals surface area contributed by atoms with Gasteiger partial charge in [0.25, 0.3) is 5.91 Å². The van der Waals surface area contributed by atoms with Gasteiger partial charge in [0.15, 0.2) is 0 Å². The molecule has 1 aromatic carbocycles. The van der Waals surface area contributed by atoms with E-state index in [2.05, 4.69) is 7.05 Å². The Morgan fingerprint density at radius 2 is 1.76 bits per heavy atom. The van der Waals surface area contributed by atoms with Crippen LogP contribution in [-0.2, 0) is 0 Å². The lowest BCUT2D eigenvalue weighted by atomic mass is 10.2. The van der Waals surface area contributed by atoms with Gasteiger partial charge >= 0.3 is 0 Å². The number of benzene rings is 1. The van der Waals surface area contributed by atoms with E-state index < -0.39 is 0 Å². The van der Waals surface area contributed by atoms with Crippen LogP contribution in [0, 0.1) is 0 Å². The summed E-state index contributed by atoms with van der Waals surface area (Å²) in [7, 11) is 2.13. The third-order valence-corrected chi connectivity index (χ3v) is 3.71. The lowest BCUT2D eigenvalue weighted by Crippen LogP contribution is -3.12. The molecule has 1 saturated heterocycles. The van der Waals surface area contributed by atoms with Crippen LogP contribution < -0.4 is 4.90 Å². The van der Waals surface area contributed by atoms with Crippen molar-refractivity contribution in [3.63, 3.8) is 0 Å². The second-order valence-electron chi connectivity index (χ2n) is 4.35. The van der Waals surface area contributed by atoms with E-state index in [1.54, 1.807) is 18.2 Å². The molecule has 1 aromatic rings. The predicted molar refractivity (Wildman–Crippen MR) is 69.0 cm³/mol. The van der Waals surface area contributed by atoms with Gasteiger partial charge in [0, 0.05) is 0 Å². The van der Waals surface area contributed by atoms with E-state index in [-0.39, 0.29) is 5.91 Å². The topological polar surface area (TPSA) is 24.8 Å². The number of rotatable bonds is 1. The molecule has 1 fully saturated rings. The highest BCUT2D eigenvalue weighted by atomic mass is 35.5. The van der Waals surface area contributed by atoms with Gasteiger partial charge in [-0.15, -0.1) is 0 Å². The number of quaternary nitrogens is 1. The van der Waals surface area contributed by atoms with Crippen LogP contribution in [-0.4, -0.2) is 44.0 Å². The van der Waals surface area contributed by atoms with Gasteiger partial charge in [-0.25, -0.2) is 0 Å². The SMILES string of the molecule is C[NH+]1CCN(C(=O)c2c(Cl)cccc2Cl)CC1. The maximum atomic E-state index is 12.3. The number of amides is 1. The summed E-state index contributed by atoms with van der Waals surface area (Å²) in [4.78, 5) is 15.6. The number of carbonyl (C=O) groups is 1. The largest absolute Gasteiger partial charge is 0.334 e. The molecule has 0 saturated carbocycles. The number of nitrogens with one attached hydrogen (secondary N) is 1. The summed E-state index contributed by atoms with van der Waals surface area (Å²) < 4.78 is 0. The zero-order valence-electron chi connectivity index (χ0n) is 9.67. The zero-order valence-corrected chi connectivity index (χ0v) is 11.2. The lowest BCUT2D eigenvalue weighted by Gasteiger charge is -2.30. The summed E-state index contributed by atoms with van der Waals surface area (Å²) in [6.45, 7) is 3.44. The first-order valence-corrected chi connectivity index (χ1v) is 6.40. The smallest absolute Gasteiger partial charge is 0.257 e. The van der Waals surface area contributed by atoms with Gasteiger partial charge in [0.05, 0.1) is 48.8 Å². The summed E-state index contributed by atoms with van der Waals surface area (Å²) in [5.74, 6) is -0.0619. The third kappa shape index (κ3) is 2.73. The molecule has 0 unspecified atom stereocenters. The third-order valence-electron chi connectivity index (χ3n) is 3.08. The minimum atomic E-state index is -0.0619. The van der Waals surface area contributed by atoms with E-state index in [1.165, 1.54) is 4.90 Å². The van der Waals surface area contributed by atoms with E-state index in [1.807, 2.05) is 4.90 Å². The molecule has 1 aliphatic heterocycles. The van der Waals surface area contributed by atoms with Crippen molar-refractivity contribution >= 4 is 29.1 Å². The summed E-state index contributed by atoms with van der Waals surface area (Å²) in [5.41, 5.74) is 0.426. The fourth-order valence-corrected chi connectivity index (χ4v) is 2.51. The van der Waals surface area contributed by atoms with Crippen LogP contribution in [0.1, 0.15) is 10.4 Å². The Hall–Kier alpha value is -0.770. The van der Waals surface area contributed by atoms with Crippen molar-refractivity contribution < 1.29 is 9.69 Å². The minimum Gasteiger partial charge on any atom is -0.334 e. The van der Waals surface area contributed by atoms with Crippen LogP contribution in [0.3, 0.4) is 0 Å². The van der Waals surface area contributed by atoms with Gasteiger partial charge in [-0.1, -0.05) is 29.3 Å². The Labute approximate surface area is 111 Å². The van der Waals surface area contributed by atoms with E-state index >= 15 is 0 Å². The molecule has 0 radical (unpaired) electrons. The first-order chi connectivity index (χ1) is 8.09. The van der Waals surface area contributed by atoms with E-state index in [4.69, 9.17) is 23.2 Å². The van der Waals surface area contributed by atoms with Crippen LogP contribution in [0.2, 0.25) is 10.0 Å². The number of carbonyl (C=O) groups excluding carboxylic acids is 1. The quantitative estimate of drug-likeness (QED) is 0.810. The predicted octanol–water partition coefficient (Wildman–Crippen LogP) is 0.964. The molecular weight excluding hydrogens is 259 g/mol. The Balaban J connectivity index is 2.20. The number of hydrogen-bond acceptors (Lipinski definition) is 1. The number of halogens is 2. The van der Waals surface area contributed by atoms with Crippen LogP contribution in [0.5, 0.6) is 0 Å². The number of hydrogen-bond donors (Lipinski definition) is 1. The molecular formula is C12H15Cl2N2O+. The highest BCUT2D eigenvalue weighted by Crippen LogP contribution is 2.25. The molecule has 0 bridgehead atoms. The van der Waals surface area contributed by atoms with Crippen LogP contribution >= 0.6 is 23.2 Å². The Kier molecular flexibility index (Phi) is 3.92. The summed E-state index contributed by atoms with van der Waals surface area (Å²) >= 11 is 12.1. The fraction of sp³-hybridized carbons (Fsp3) is 0.417. The van der Waals surface area contributed by atoms with Crippen molar-refractivity contribution in [2.24, 2.45) is 0 Å². The average molecular weight is 274 g/mol. The molecule has 1 amide bonds. The first-order valence-electron chi connectivity index (χ1n) is 5.64. The Morgan fingerprint density at radius 1 is 1.24 bits per heavy atom. The van der Waals surface area contributed by atoms with E-state index in [0.29, 0.717) is 15.6 Å². The molecule has 0 aliphatic carbocycles. The second kappa shape index (κ2) is 5.25. The highest BCUT2D eigenvalue weighted by Gasteiger charge is 2.25. The number of likely N-dealkylation sites (N-methyl/N-ethyl adjacent to an activating group) is 1. The molecule has 5 heteroatoms. The average Bonchev–Trinajstić information content (AvgIpc) is 2.29. The van der Waals surface area contributed by atoms with Crippen LogP contribution in [0.15, 0.2) is 18.2 Å². The standard InChI is InChI=1S/C12H14Cl2N2O/c1-15-5-7-16(8-6-15)12(17)11-9(13)3-2-4-10(11)14/h2-4H,5-8H2,1H3/p+1. The number of piperazine rings is 1. The van der Waals surface area contributed by atoms with Gasteiger partial charge < -0.3 is 9.80 Å². The van der Waals surface area contributed by atoms with Gasteiger partial charge in [-0.3, -0.25) is 4.79 Å². The molecule has 1 heterocycles. The normalized spacial score (nSPS) is 17.2.